The minimum Gasteiger partial charge on any atom is -0.370 e. The number of anilines is 1. The Hall–Kier alpha value is -2.82. The lowest BCUT2D eigenvalue weighted by atomic mass is 10.0. The van der Waals surface area contributed by atoms with Crippen molar-refractivity contribution in [3.05, 3.63) is 65.7 Å². The second-order valence-corrected chi connectivity index (χ2v) is 5.84. The summed E-state index contributed by atoms with van der Waals surface area (Å²) in [4.78, 5) is 24.0. The van der Waals surface area contributed by atoms with Gasteiger partial charge in [-0.05, 0) is 29.2 Å². The van der Waals surface area contributed by atoms with E-state index in [9.17, 15) is 9.59 Å². The van der Waals surface area contributed by atoms with Gasteiger partial charge in [-0.1, -0.05) is 56.3 Å². The third kappa shape index (κ3) is 4.59. The monoisotopic (exact) mass is 325 g/mol. The fraction of sp³-hybridized carbons (Fsp3) is 0.263. The quantitative estimate of drug-likeness (QED) is 0.789. The molecule has 0 aliphatic rings. The van der Waals surface area contributed by atoms with Crippen molar-refractivity contribution in [1.29, 1.82) is 0 Å². The number of urea groups is 1. The van der Waals surface area contributed by atoms with Crippen LogP contribution in [0, 0.1) is 0 Å². The van der Waals surface area contributed by atoms with Gasteiger partial charge in [-0.15, -0.1) is 0 Å². The van der Waals surface area contributed by atoms with Crippen LogP contribution in [-0.4, -0.2) is 19.0 Å². The minimum absolute atomic E-state index is 0.390. The fourth-order valence-corrected chi connectivity index (χ4v) is 2.35. The molecule has 5 heteroatoms. The number of hydrogen-bond donors (Lipinski definition) is 3. The highest BCUT2D eigenvalue weighted by Crippen LogP contribution is 2.23. The summed E-state index contributed by atoms with van der Waals surface area (Å²) in [5, 5.41) is 7.95. The number of carbonyl (C=O) groups excluding carboxylic acids is 2. The van der Waals surface area contributed by atoms with Gasteiger partial charge < -0.3 is 10.6 Å². The number of nitrogens with one attached hydrogen (secondary N) is 3. The van der Waals surface area contributed by atoms with Crippen molar-refractivity contribution >= 4 is 17.6 Å². The van der Waals surface area contributed by atoms with Crippen LogP contribution in [0.3, 0.4) is 0 Å². The highest BCUT2D eigenvalue weighted by Gasteiger charge is 2.22. The maximum atomic E-state index is 12.5. The first-order valence-electron chi connectivity index (χ1n) is 7.95. The van der Waals surface area contributed by atoms with Crippen molar-refractivity contribution in [2.45, 2.75) is 25.8 Å². The lowest BCUT2D eigenvalue weighted by Gasteiger charge is -2.20. The normalized spacial score (nSPS) is 11.7. The molecule has 0 bridgehead atoms. The van der Waals surface area contributed by atoms with Crippen LogP contribution in [0.2, 0.25) is 0 Å². The lowest BCUT2D eigenvalue weighted by molar-refractivity contribution is -0.120. The minimum atomic E-state index is -0.661. The summed E-state index contributed by atoms with van der Waals surface area (Å²) in [7, 11) is 1.47. The van der Waals surface area contributed by atoms with Crippen molar-refractivity contribution in [3.63, 3.8) is 0 Å². The van der Waals surface area contributed by atoms with E-state index < -0.39 is 18.0 Å². The van der Waals surface area contributed by atoms with Crippen molar-refractivity contribution in [1.82, 2.24) is 10.6 Å². The second kappa shape index (κ2) is 8.15. The number of benzene rings is 2. The van der Waals surface area contributed by atoms with E-state index in [1.54, 1.807) is 0 Å². The zero-order valence-electron chi connectivity index (χ0n) is 14.2. The standard InChI is InChI=1S/C19H23N3O2/c1-13(2)15-10-7-11-16(12-15)21-17(14-8-5-4-6-9-14)18(23)22-19(24)20-3/h4-13,17,21H,1-3H3,(H2,20,22,23,24)/t17-/m1/s1. The number of amides is 3. The Kier molecular flexibility index (Phi) is 5.95. The van der Waals surface area contributed by atoms with Crippen molar-refractivity contribution < 1.29 is 9.59 Å². The summed E-state index contributed by atoms with van der Waals surface area (Å²) in [6.07, 6.45) is 0. The average molecular weight is 325 g/mol. The van der Waals surface area contributed by atoms with E-state index in [0.717, 1.165) is 11.3 Å². The first-order chi connectivity index (χ1) is 11.5. The van der Waals surface area contributed by atoms with Crippen molar-refractivity contribution in [2.75, 3.05) is 12.4 Å². The van der Waals surface area contributed by atoms with Crippen LogP contribution >= 0.6 is 0 Å². The van der Waals surface area contributed by atoms with Gasteiger partial charge in [0.15, 0.2) is 0 Å². The Morgan fingerprint density at radius 3 is 2.21 bits per heavy atom. The van der Waals surface area contributed by atoms with Crippen LogP contribution in [0.15, 0.2) is 54.6 Å². The Morgan fingerprint density at radius 2 is 1.58 bits per heavy atom. The van der Waals surface area contributed by atoms with Gasteiger partial charge >= 0.3 is 6.03 Å². The predicted octanol–water partition coefficient (Wildman–Crippen LogP) is 3.42. The zero-order chi connectivity index (χ0) is 17.5. The fourth-order valence-electron chi connectivity index (χ4n) is 2.35. The number of hydrogen-bond acceptors (Lipinski definition) is 3. The number of rotatable bonds is 5. The van der Waals surface area contributed by atoms with Crippen molar-refractivity contribution in [3.8, 4) is 0 Å². The molecule has 0 saturated heterocycles. The molecule has 0 aliphatic carbocycles. The molecule has 0 fully saturated rings. The van der Waals surface area contributed by atoms with Crippen LogP contribution in [0.1, 0.15) is 36.9 Å². The van der Waals surface area contributed by atoms with Crippen LogP contribution in [0.4, 0.5) is 10.5 Å². The highest BCUT2D eigenvalue weighted by molar-refractivity contribution is 5.98. The van der Waals surface area contributed by atoms with E-state index in [2.05, 4.69) is 35.9 Å². The molecule has 0 unspecified atom stereocenters. The Bertz CT molecular complexity index is 699. The van der Waals surface area contributed by atoms with Gasteiger partial charge in [0.2, 0.25) is 0 Å². The van der Waals surface area contributed by atoms with Crippen molar-refractivity contribution in [2.24, 2.45) is 0 Å². The Balaban J connectivity index is 2.28. The maximum absolute atomic E-state index is 12.5. The van der Waals surface area contributed by atoms with Crippen LogP contribution in [0.25, 0.3) is 0 Å². The zero-order valence-corrected chi connectivity index (χ0v) is 14.2. The Labute approximate surface area is 142 Å². The number of carbonyl (C=O) groups is 2. The lowest BCUT2D eigenvalue weighted by Crippen LogP contribution is -2.42. The van der Waals surface area contributed by atoms with Gasteiger partial charge in [-0.25, -0.2) is 4.79 Å². The molecular weight excluding hydrogens is 302 g/mol. The van der Waals surface area contributed by atoms with E-state index >= 15 is 0 Å². The smallest absolute Gasteiger partial charge is 0.321 e. The van der Waals surface area contributed by atoms with Crippen LogP contribution in [-0.2, 0) is 4.79 Å². The molecule has 0 spiro atoms. The summed E-state index contributed by atoms with van der Waals surface area (Å²) in [5.41, 5.74) is 2.80. The van der Waals surface area contributed by atoms with E-state index in [1.165, 1.54) is 12.6 Å². The third-order valence-electron chi connectivity index (χ3n) is 3.72. The van der Waals surface area contributed by atoms with E-state index in [0.29, 0.717) is 5.92 Å². The topological polar surface area (TPSA) is 70.2 Å². The molecule has 2 rings (SSSR count). The first kappa shape index (κ1) is 17.5. The van der Waals surface area contributed by atoms with E-state index in [-0.39, 0.29) is 0 Å². The van der Waals surface area contributed by atoms with E-state index in [4.69, 9.17) is 0 Å². The van der Waals surface area contributed by atoms with Gasteiger partial charge in [0.05, 0.1) is 0 Å². The van der Waals surface area contributed by atoms with Gasteiger partial charge in [-0.3, -0.25) is 10.1 Å². The molecule has 1 atom stereocenters. The van der Waals surface area contributed by atoms with Gasteiger partial charge in [0.1, 0.15) is 6.04 Å². The molecular formula is C19H23N3O2. The second-order valence-electron chi connectivity index (χ2n) is 5.84. The first-order valence-corrected chi connectivity index (χ1v) is 7.95. The molecule has 24 heavy (non-hydrogen) atoms. The predicted molar refractivity (Wildman–Crippen MR) is 95.9 cm³/mol. The molecule has 2 aromatic carbocycles. The van der Waals surface area contributed by atoms with Gasteiger partial charge in [-0.2, -0.15) is 0 Å². The molecule has 3 N–H and O–H groups in total. The molecule has 0 heterocycles. The molecule has 0 aliphatic heterocycles. The summed E-state index contributed by atoms with van der Waals surface area (Å²) in [5.74, 6) is -0.0166. The van der Waals surface area contributed by atoms with Crippen LogP contribution in [0.5, 0.6) is 0 Å². The highest BCUT2D eigenvalue weighted by atomic mass is 16.2. The molecule has 5 nitrogen and oxygen atoms in total. The largest absolute Gasteiger partial charge is 0.370 e. The third-order valence-corrected chi connectivity index (χ3v) is 3.72. The summed E-state index contributed by atoms with van der Waals surface area (Å²) >= 11 is 0. The molecule has 0 saturated carbocycles. The van der Waals surface area contributed by atoms with Gasteiger partial charge in [0, 0.05) is 12.7 Å². The maximum Gasteiger partial charge on any atom is 0.321 e. The molecule has 126 valence electrons. The summed E-state index contributed by atoms with van der Waals surface area (Å²) in [6.45, 7) is 4.23. The molecule has 2 aromatic rings. The molecule has 0 aromatic heterocycles. The van der Waals surface area contributed by atoms with Gasteiger partial charge in [0.25, 0.3) is 5.91 Å². The Morgan fingerprint density at radius 1 is 0.917 bits per heavy atom. The number of imide groups is 1. The average Bonchev–Trinajstić information content (AvgIpc) is 2.60. The molecule has 3 amide bonds. The summed E-state index contributed by atoms with van der Waals surface area (Å²) in [6, 6.07) is 16.1. The van der Waals surface area contributed by atoms with Crippen LogP contribution < -0.4 is 16.0 Å². The molecule has 0 radical (unpaired) electrons. The SMILES string of the molecule is CNC(=O)NC(=O)[C@H](Nc1cccc(C(C)C)c1)c1ccccc1. The summed E-state index contributed by atoms with van der Waals surface area (Å²) < 4.78 is 0. The van der Waals surface area contributed by atoms with E-state index in [1.807, 2.05) is 48.5 Å².